The molecule has 0 bridgehead atoms. The molecule has 0 radical (unpaired) electrons. The molecule has 5 heteroatoms. The first-order valence-electron chi connectivity index (χ1n) is 5.06. The van der Waals surface area contributed by atoms with Gasteiger partial charge in [-0.2, -0.15) is 0 Å². The van der Waals surface area contributed by atoms with Crippen LogP contribution in [-0.2, 0) is 6.54 Å². The normalized spacial score (nSPS) is 18.7. The minimum absolute atomic E-state index is 0.0875. The van der Waals surface area contributed by atoms with Crippen molar-refractivity contribution in [2.75, 3.05) is 18.0 Å². The molecule has 1 aromatic heterocycles. The number of β-amino-alcohol motifs (C(OH)–C–C–N with tert-alkyl or cyclic N) is 1. The van der Waals surface area contributed by atoms with E-state index < -0.39 is 5.60 Å². The first kappa shape index (κ1) is 10.2. The van der Waals surface area contributed by atoms with Gasteiger partial charge < -0.3 is 14.6 Å². The zero-order valence-electron chi connectivity index (χ0n) is 8.97. The van der Waals surface area contributed by atoms with Gasteiger partial charge in [-0.3, -0.25) is 4.79 Å². The van der Waals surface area contributed by atoms with Crippen molar-refractivity contribution in [2.45, 2.75) is 26.0 Å². The lowest BCUT2D eigenvalue weighted by atomic mass is 9.97. The fourth-order valence-corrected chi connectivity index (χ4v) is 1.83. The molecule has 0 amide bonds. The van der Waals surface area contributed by atoms with E-state index in [1.54, 1.807) is 28.8 Å². The van der Waals surface area contributed by atoms with E-state index in [1.807, 2.05) is 6.92 Å². The van der Waals surface area contributed by atoms with Crippen molar-refractivity contribution >= 4 is 5.82 Å². The minimum Gasteiger partial charge on any atom is -0.386 e. The van der Waals surface area contributed by atoms with Crippen molar-refractivity contribution in [3.05, 3.63) is 22.7 Å². The third kappa shape index (κ3) is 1.74. The highest BCUT2D eigenvalue weighted by Crippen LogP contribution is 2.22. The Hall–Kier alpha value is -1.36. The van der Waals surface area contributed by atoms with E-state index in [2.05, 4.69) is 4.98 Å². The number of hydrogen-bond donors (Lipinski definition) is 1. The lowest BCUT2D eigenvalue weighted by molar-refractivity contribution is 0.0303. The minimum atomic E-state index is -0.680. The lowest BCUT2D eigenvalue weighted by Crippen LogP contribution is -2.61. The summed E-state index contributed by atoms with van der Waals surface area (Å²) >= 11 is 0. The molecule has 1 saturated heterocycles. The van der Waals surface area contributed by atoms with Gasteiger partial charge in [-0.15, -0.1) is 0 Å². The van der Waals surface area contributed by atoms with E-state index in [0.29, 0.717) is 25.5 Å². The van der Waals surface area contributed by atoms with Crippen molar-refractivity contribution in [3.63, 3.8) is 0 Å². The van der Waals surface area contributed by atoms with Gasteiger partial charge in [0.15, 0.2) is 5.82 Å². The Labute approximate surface area is 88.0 Å². The quantitative estimate of drug-likeness (QED) is 0.735. The third-order valence-electron chi connectivity index (χ3n) is 2.60. The molecule has 15 heavy (non-hydrogen) atoms. The van der Waals surface area contributed by atoms with Gasteiger partial charge in [0.1, 0.15) is 0 Å². The zero-order chi connectivity index (χ0) is 11.1. The van der Waals surface area contributed by atoms with Gasteiger partial charge >= 0.3 is 0 Å². The molecule has 0 aromatic carbocycles. The zero-order valence-corrected chi connectivity index (χ0v) is 8.97. The predicted octanol–water partition coefficient (Wildman–Crippen LogP) is -0.166. The molecule has 5 nitrogen and oxygen atoms in total. The number of anilines is 1. The topological polar surface area (TPSA) is 58.4 Å². The number of rotatable bonds is 2. The van der Waals surface area contributed by atoms with Crippen molar-refractivity contribution < 1.29 is 5.11 Å². The third-order valence-corrected chi connectivity index (χ3v) is 2.60. The van der Waals surface area contributed by atoms with Crippen LogP contribution in [0.3, 0.4) is 0 Å². The van der Waals surface area contributed by atoms with Gasteiger partial charge in [0, 0.05) is 32.0 Å². The van der Waals surface area contributed by atoms with Crippen LogP contribution in [-0.4, -0.2) is 33.3 Å². The number of aryl methyl sites for hydroxylation is 1. The predicted molar refractivity (Wildman–Crippen MR) is 57.0 cm³/mol. The molecule has 0 saturated carbocycles. The molecule has 0 spiro atoms. The standard InChI is InChI=1S/C10H15N3O2/c1-3-12-5-4-11-8(9(12)14)13-6-10(2,15)7-13/h4-5,15H,3,6-7H2,1-2H3. The van der Waals surface area contributed by atoms with E-state index in [1.165, 1.54) is 0 Å². The van der Waals surface area contributed by atoms with Crippen molar-refractivity contribution in [3.8, 4) is 0 Å². The summed E-state index contributed by atoms with van der Waals surface area (Å²) in [6.07, 6.45) is 3.29. The molecule has 1 aliphatic rings. The molecule has 2 heterocycles. The van der Waals surface area contributed by atoms with Gasteiger partial charge in [0.2, 0.25) is 0 Å². The number of aliphatic hydroxyl groups is 1. The Bertz CT molecular complexity index is 417. The smallest absolute Gasteiger partial charge is 0.293 e. The lowest BCUT2D eigenvalue weighted by Gasteiger charge is -2.44. The van der Waals surface area contributed by atoms with Crippen molar-refractivity contribution in [2.24, 2.45) is 0 Å². The summed E-state index contributed by atoms with van der Waals surface area (Å²) in [5.41, 5.74) is -0.767. The van der Waals surface area contributed by atoms with Gasteiger partial charge in [-0.05, 0) is 13.8 Å². The summed E-state index contributed by atoms with van der Waals surface area (Å²) in [5.74, 6) is 0.436. The van der Waals surface area contributed by atoms with Crippen LogP contribution < -0.4 is 10.5 Å². The van der Waals surface area contributed by atoms with Gasteiger partial charge in [0.05, 0.1) is 5.60 Å². The van der Waals surface area contributed by atoms with Crippen LogP contribution in [0.15, 0.2) is 17.2 Å². The maximum absolute atomic E-state index is 11.8. The Morgan fingerprint density at radius 3 is 2.80 bits per heavy atom. The molecule has 1 aromatic rings. The van der Waals surface area contributed by atoms with Gasteiger partial charge in [-0.1, -0.05) is 0 Å². The molecule has 0 unspecified atom stereocenters. The summed E-state index contributed by atoms with van der Waals surface area (Å²) < 4.78 is 1.61. The van der Waals surface area contributed by atoms with Crippen LogP contribution in [0, 0.1) is 0 Å². The van der Waals surface area contributed by atoms with Gasteiger partial charge in [-0.25, -0.2) is 4.98 Å². The highest BCUT2D eigenvalue weighted by molar-refractivity contribution is 5.41. The van der Waals surface area contributed by atoms with Crippen LogP contribution in [0.4, 0.5) is 5.82 Å². The number of hydrogen-bond acceptors (Lipinski definition) is 4. The largest absolute Gasteiger partial charge is 0.386 e. The van der Waals surface area contributed by atoms with Crippen LogP contribution in [0.5, 0.6) is 0 Å². The molecule has 2 rings (SSSR count). The first-order valence-corrected chi connectivity index (χ1v) is 5.06. The van der Waals surface area contributed by atoms with E-state index >= 15 is 0 Å². The average molecular weight is 209 g/mol. The molecule has 0 atom stereocenters. The maximum atomic E-state index is 11.8. The van der Waals surface area contributed by atoms with Crippen LogP contribution in [0.2, 0.25) is 0 Å². The summed E-state index contributed by atoms with van der Waals surface area (Å²) in [6.45, 7) is 5.26. The summed E-state index contributed by atoms with van der Waals surface area (Å²) in [6, 6.07) is 0. The van der Waals surface area contributed by atoms with Crippen LogP contribution in [0.25, 0.3) is 0 Å². The van der Waals surface area contributed by atoms with Crippen LogP contribution in [0.1, 0.15) is 13.8 Å². The van der Waals surface area contributed by atoms with E-state index in [-0.39, 0.29) is 5.56 Å². The second-order valence-electron chi connectivity index (χ2n) is 4.20. The SMILES string of the molecule is CCn1ccnc(N2CC(C)(O)C2)c1=O. The fourth-order valence-electron chi connectivity index (χ4n) is 1.83. The maximum Gasteiger partial charge on any atom is 0.293 e. The highest BCUT2D eigenvalue weighted by atomic mass is 16.3. The Morgan fingerprint density at radius 2 is 2.27 bits per heavy atom. The van der Waals surface area contributed by atoms with Crippen molar-refractivity contribution in [1.29, 1.82) is 0 Å². The molecule has 0 aliphatic carbocycles. The Kier molecular flexibility index (Phi) is 2.26. The molecular weight excluding hydrogens is 194 g/mol. The summed E-state index contributed by atoms with van der Waals surface area (Å²) in [5, 5.41) is 9.58. The molecule has 1 N–H and O–H groups in total. The number of aromatic nitrogens is 2. The highest BCUT2D eigenvalue weighted by Gasteiger charge is 2.38. The van der Waals surface area contributed by atoms with E-state index in [0.717, 1.165) is 0 Å². The number of nitrogens with zero attached hydrogens (tertiary/aromatic N) is 3. The second-order valence-corrected chi connectivity index (χ2v) is 4.20. The molecule has 1 aliphatic heterocycles. The summed E-state index contributed by atoms with van der Waals surface area (Å²) in [4.78, 5) is 17.7. The monoisotopic (exact) mass is 209 g/mol. The Morgan fingerprint density at radius 1 is 1.60 bits per heavy atom. The van der Waals surface area contributed by atoms with Crippen LogP contribution >= 0.6 is 0 Å². The van der Waals surface area contributed by atoms with Crippen molar-refractivity contribution in [1.82, 2.24) is 9.55 Å². The fraction of sp³-hybridized carbons (Fsp3) is 0.600. The molecular formula is C10H15N3O2. The Balaban J connectivity index is 2.27. The molecule has 1 fully saturated rings. The second kappa shape index (κ2) is 3.34. The van der Waals surface area contributed by atoms with Gasteiger partial charge in [0.25, 0.3) is 5.56 Å². The molecule has 82 valence electrons. The van der Waals surface area contributed by atoms with E-state index in [9.17, 15) is 9.90 Å². The average Bonchev–Trinajstić information content (AvgIpc) is 2.14. The summed E-state index contributed by atoms with van der Waals surface area (Å²) in [7, 11) is 0. The van der Waals surface area contributed by atoms with E-state index in [4.69, 9.17) is 0 Å². The first-order chi connectivity index (χ1) is 7.03.